The fourth-order valence-corrected chi connectivity index (χ4v) is 2.26. The number of rotatable bonds is 4. The number of anilines is 1. The van der Waals surface area contributed by atoms with Crippen LogP contribution in [-0.4, -0.2) is 46.8 Å². The van der Waals surface area contributed by atoms with E-state index >= 15 is 0 Å². The fourth-order valence-electron chi connectivity index (χ4n) is 2.10. The summed E-state index contributed by atoms with van der Waals surface area (Å²) in [5, 5.41) is 11.2. The minimum atomic E-state index is 0.353. The maximum Gasteiger partial charge on any atom is 0.158 e. The van der Waals surface area contributed by atoms with Gasteiger partial charge in [-0.25, -0.2) is 0 Å². The molecule has 0 aliphatic carbocycles. The predicted molar refractivity (Wildman–Crippen MR) is 72.0 cm³/mol. The molecule has 0 aromatic carbocycles. The molecule has 0 spiro atoms. The molecule has 92 valence electrons. The second-order valence-electron chi connectivity index (χ2n) is 4.46. The zero-order valence-electron chi connectivity index (χ0n) is 9.89. The maximum absolute atomic E-state index is 5.64. The number of nitrogens with zero attached hydrogens (tertiary/aromatic N) is 3. The summed E-state index contributed by atoms with van der Waals surface area (Å²) >= 11 is 4.98. The van der Waals surface area contributed by atoms with Crippen LogP contribution < -0.4 is 11.1 Å². The Hall–Kier alpha value is -1.27. The monoisotopic (exact) mass is 251 g/mol. The lowest BCUT2D eigenvalue weighted by Gasteiger charge is -2.13. The van der Waals surface area contributed by atoms with Gasteiger partial charge in [-0.3, -0.25) is 0 Å². The van der Waals surface area contributed by atoms with Crippen molar-refractivity contribution in [3.8, 4) is 0 Å². The number of likely N-dealkylation sites (tertiary alicyclic amines) is 1. The van der Waals surface area contributed by atoms with Gasteiger partial charge in [0.05, 0.1) is 11.8 Å². The lowest BCUT2D eigenvalue weighted by atomic mass is 10.1. The van der Waals surface area contributed by atoms with Gasteiger partial charge < -0.3 is 16.0 Å². The Morgan fingerprint density at radius 1 is 1.71 bits per heavy atom. The summed E-state index contributed by atoms with van der Waals surface area (Å²) in [4.78, 5) is 2.68. The van der Waals surface area contributed by atoms with Crippen LogP contribution in [0.4, 0.5) is 5.82 Å². The summed E-state index contributed by atoms with van der Waals surface area (Å²) in [5.41, 5.74) is 6.40. The number of hydrogen-bond acceptors (Lipinski definition) is 5. The lowest BCUT2D eigenvalue weighted by Crippen LogP contribution is -2.21. The van der Waals surface area contributed by atoms with Crippen molar-refractivity contribution in [3.05, 3.63) is 17.8 Å². The highest BCUT2D eigenvalue weighted by Gasteiger charge is 2.19. The highest BCUT2D eigenvalue weighted by molar-refractivity contribution is 7.80. The minimum absolute atomic E-state index is 0.353. The van der Waals surface area contributed by atoms with E-state index in [9.17, 15) is 0 Å². The van der Waals surface area contributed by atoms with Gasteiger partial charge in [0.2, 0.25) is 0 Å². The minimum Gasteiger partial charge on any atom is -0.389 e. The number of aromatic nitrogens is 2. The van der Waals surface area contributed by atoms with E-state index < -0.39 is 0 Å². The molecule has 17 heavy (non-hydrogen) atoms. The van der Waals surface area contributed by atoms with Crippen molar-refractivity contribution >= 4 is 23.0 Å². The molecule has 1 aromatic rings. The van der Waals surface area contributed by atoms with Crippen molar-refractivity contribution in [3.63, 3.8) is 0 Å². The number of thiocarbonyl (C=S) groups is 1. The fraction of sp³-hybridized carbons (Fsp3) is 0.545. The average Bonchev–Trinajstić information content (AvgIpc) is 2.73. The molecule has 2 heterocycles. The van der Waals surface area contributed by atoms with Crippen molar-refractivity contribution in [2.45, 2.75) is 6.42 Å². The van der Waals surface area contributed by atoms with Crippen LogP contribution in [0.25, 0.3) is 0 Å². The standard InChI is InChI=1S/C11H17N5S/c1-16-5-3-8(7-16)6-13-11-9(10(12)17)2-4-14-15-11/h2,4,8H,3,5-7H2,1H3,(H2,12,17)(H,13,15). The molecule has 0 bridgehead atoms. The first-order valence-electron chi connectivity index (χ1n) is 5.70. The van der Waals surface area contributed by atoms with E-state index in [0.717, 1.165) is 25.2 Å². The zero-order chi connectivity index (χ0) is 12.3. The highest BCUT2D eigenvalue weighted by atomic mass is 32.1. The first kappa shape index (κ1) is 12.2. The molecule has 6 heteroatoms. The largest absolute Gasteiger partial charge is 0.389 e. The van der Waals surface area contributed by atoms with Gasteiger partial charge in [-0.05, 0) is 32.0 Å². The molecule has 3 N–H and O–H groups in total. The van der Waals surface area contributed by atoms with Crippen molar-refractivity contribution in [2.24, 2.45) is 11.7 Å². The smallest absolute Gasteiger partial charge is 0.158 e. The molecule has 0 saturated carbocycles. The summed E-state index contributed by atoms with van der Waals surface area (Å²) in [6, 6.07) is 1.79. The molecule has 1 aliphatic rings. The van der Waals surface area contributed by atoms with E-state index in [4.69, 9.17) is 18.0 Å². The van der Waals surface area contributed by atoms with Gasteiger partial charge in [-0.2, -0.15) is 5.10 Å². The summed E-state index contributed by atoms with van der Waals surface area (Å²) in [6.45, 7) is 3.17. The molecule has 0 radical (unpaired) electrons. The van der Waals surface area contributed by atoms with Crippen LogP contribution in [0.5, 0.6) is 0 Å². The van der Waals surface area contributed by atoms with E-state index in [1.54, 1.807) is 12.3 Å². The number of hydrogen-bond donors (Lipinski definition) is 2. The summed E-state index contributed by atoms with van der Waals surface area (Å²) < 4.78 is 0. The van der Waals surface area contributed by atoms with Crippen LogP contribution in [0.2, 0.25) is 0 Å². The van der Waals surface area contributed by atoms with Crippen molar-refractivity contribution in [2.75, 3.05) is 32.0 Å². The van der Waals surface area contributed by atoms with Crippen molar-refractivity contribution in [1.82, 2.24) is 15.1 Å². The molecule has 1 saturated heterocycles. The SMILES string of the molecule is CN1CCC(CNc2nnccc2C(N)=S)C1. The second-order valence-corrected chi connectivity index (χ2v) is 4.90. The predicted octanol–water partition coefficient (Wildman–Crippen LogP) is 0.474. The first-order valence-corrected chi connectivity index (χ1v) is 6.11. The summed E-state index contributed by atoms with van der Waals surface area (Å²) in [7, 11) is 2.14. The first-order chi connectivity index (χ1) is 8.16. The van der Waals surface area contributed by atoms with Crippen LogP contribution >= 0.6 is 12.2 Å². The van der Waals surface area contributed by atoms with E-state index in [1.807, 2.05) is 0 Å². The zero-order valence-corrected chi connectivity index (χ0v) is 10.7. The highest BCUT2D eigenvalue weighted by Crippen LogP contribution is 2.16. The van der Waals surface area contributed by atoms with Gasteiger partial charge in [0, 0.05) is 13.1 Å². The Morgan fingerprint density at radius 2 is 2.53 bits per heavy atom. The molecule has 2 rings (SSSR count). The number of nitrogens with one attached hydrogen (secondary N) is 1. The van der Waals surface area contributed by atoms with Gasteiger partial charge in [0.15, 0.2) is 5.82 Å². The average molecular weight is 251 g/mol. The third kappa shape index (κ3) is 3.10. The van der Waals surface area contributed by atoms with Crippen LogP contribution in [0.15, 0.2) is 12.3 Å². The quantitative estimate of drug-likeness (QED) is 0.759. The normalized spacial score (nSPS) is 20.4. The van der Waals surface area contributed by atoms with Crippen LogP contribution in [-0.2, 0) is 0 Å². The molecule has 1 unspecified atom stereocenters. The summed E-state index contributed by atoms with van der Waals surface area (Å²) in [6.07, 6.45) is 2.81. The van der Waals surface area contributed by atoms with Gasteiger partial charge in [-0.1, -0.05) is 12.2 Å². The summed E-state index contributed by atoms with van der Waals surface area (Å²) in [5.74, 6) is 1.34. The Labute approximate surface area is 106 Å². The molecule has 1 fully saturated rings. The lowest BCUT2D eigenvalue weighted by molar-refractivity contribution is 0.399. The van der Waals surface area contributed by atoms with E-state index in [-0.39, 0.29) is 0 Å². The topological polar surface area (TPSA) is 67.1 Å². The molecule has 1 aliphatic heterocycles. The Bertz CT molecular complexity index is 409. The van der Waals surface area contributed by atoms with Crippen LogP contribution in [0.3, 0.4) is 0 Å². The Morgan fingerprint density at radius 3 is 3.18 bits per heavy atom. The Kier molecular flexibility index (Phi) is 3.86. The second kappa shape index (κ2) is 5.37. The molecule has 5 nitrogen and oxygen atoms in total. The van der Waals surface area contributed by atoms with E-state index in [2.05, 4.69) is 27.5 Å². The van der Waals surface area contributed by atoms with Crippen LogP contribution in [0.1, 0.15) is 12.0 Å². The molecule has 0 amide bonds. The van der Waals surface area contributed by atoms with Gasteiger partial charge >= 0.3 is 0 Å². The molecule has 1 aromatic heterocycles. The third-order valence-electron chi connectivity index (χ3n) is 3.03. The van der Waals surface area contributed by atoms with Crippen molar-refractivity contribution < 1.29 is 0 Å². The van der Waals surface area contributed by atoms with Gasteiger partial charge in [0.1, 0.15) is 4.99 Å². The van der Waals surface area contributed by atoms with Crippen molar-refractivity contribution in [1.29, 1.82) is 0 Å². The van der Waals surface area contributed by atoms with Gasteiger partial charge in [-0.15, -0.1) is 5.10 Å². The Balaban J connectivity index is 1.97. The number of nitrogens with two attached hydrogens (primary N) is 1. The molecular formula is C11H17N5S. The molecule has 1 atom stereocenters. The third-order valence-corrected chi connectivity index (χ3v) is 3.25. The van der Waals surface area contributed by atoms with E-state index in [0.29, 0.717) is 16.7 Å². The van der Waals surface area contributed by atoms with Gasteiger partial charge in [0.25, 0.3) is 0 Å². The van der Waals surface area contributed by atoms with E-state index in [1.165, 1.54) is 6.42 Å². The maximum atomic E-state index is 5.64. The molecular weight excluding hydrogens is 234 g/mol. The van der Waals surface area contributed by atoms with Crippen LogP contribution in [0, 0.1) is 5.92 Å².